The SMILES string of the molecule is CNCc1coc(CN(C)Cc2scnc2C)c1. The first-order chi connectivity index (χ1) is 8.69. The summed E-state index contributed by atoms with van der Waals surface area (Å²) in [5.41, 5.74) is 4.22. The van der Waals surface area contributed by atoms with E-state index in [1.165, 1.54) is 10.4 Å². The van der Waals surface area contributed by atoms with E-state index in [1.807, 2.05) is 18.8 Å². The Morgan fingerprint density at radius 3 is 2.94 bits per heavy atom. The van der Waals surface area contributed by atoms with Crippen LogP contribution in [0, 0.1) is 6.92 Å². The lowest BCUT2D eigenvalue weighted by Crippen LogP contribution is -2.16. The molecule has 0 atom stereocenters. The van der Waals surface area contributed by atoms with E-state index in [0.29, 0.717) is 0 Å². The normalized spacial score (nSPS) is 11.3. The fourth-order valence-corrected chi connectivity index (χ4v) is 2.71. The minimum absolute atomic E-state index is 0.820. The molecule has 2 aromatic heterocycles. The van der Waals surface area contributed by atoms with Crippen molar-refractivity contribution < 1.29 is 4.42 Å². The first-order valence-electron chi connectivity index (χ1n) is 5.97. The predicted molar refractivity (Wildman–Crippen MR) is 73.5 cm³/mol. The Morgan fingerprint density at radius 2 is 2.28 bits per heavy atom. The van der Waals surface area contributed by atoms with E-state index in [2.05, 4.69) is 35.2 Å². The summed E-state index contributed by atoms with van der Waals surface area (Å²) < 4.78 is 5.54. The second-order valence-corrected chi connectivity index (χ2v) is 5.42. The van der Waals surface area contributed by atoms with Gasteiger partial charge in [-0.25, -0.2) is 4.98 Å². The number of hydrogen-bond donors (Lipinski definition) is 1. The summed E-state index contributed by atoms with van der Waals surface area (Å²) >= 11 is 1.71. The number of aromatic nitrogens is 1. The van der Waals surface area contributed by atoms with E-state index < -0.39 is 0 Å². The molecule has 1 N–H and O–H groups in total. The van der Waals surface area contributed by atoms with Gasteiger partial charge in [0.25, 0.3) is 0 Å². The molecule has 0 saturated heterocycles. The minimum Gasteiger partial charge on any atom is -0.468 e. The van der Waals surface area contributed by atoms with Crippen LogP contribution in [-0.2, 0) is 19.6 Å². The summed E-state index contributed by atoms with van der Waals surface area (Å²) in [6.45, 7) is 4.64. The van der Waals surface area contributed by atoms with E-state index in [9.17, 15) is 0 Å². The fourth-order valence-electron chi connectivity index (χ4n) is 1.85. The van der Waals surface area contributed by atoms with Crippen LogP contribution in [0.4, 0.5) is 0 Å². The van der Waals surface area contributed by atoms with Crippen molar-refractivity contribution in [3.63, 3.8) is 0 Å². The molecule has 0 aromatic carbocycles. The Morgan fingerprint density at radius 1 is 1.44 bits per heavy atom. The molecule has 0 bridgehead atoms. The zero-order valence-electron chi connectivity index (χ0n) is 11.1. The maximum absolute atomic E-state index is 5.54. The molecule has 0 fully saturated rings. The van der Waals surface area contributed by atoms with Crippen molar-refractivity contribution in [1.29, 1.82) is 0 Å². The van der Waals surface area contributed by atoms with Crippen molar-refractivity contribution in [3.05, 3.63) is 39.7 Å². The Kier molecular flexibility index (Phi) is 4.52. The average Bonchev–Trinajstić information content (AvgIpc) is 2.90. The molecule has 18 heavy (non-hydrogen) atoms. The molecule has 2 rings (SSSR count). The predicted octanol–water partition coefficient (Wildman–Crippen LogP) is 2.40. The summed E-state index contributed by atoms with van der Waals surface area (Å²) in [7, 11) is 4.03. The molecule has 0 unspecified atom stereocenters. The smallest absolute Gasteiger partial charge is 0.118 e. The number of nitrogens with zero attached hydrogens (tertiary/aromatic N) is 2. The van der Waals surface area contributed by atoms with Gasteiger partial charge in [0.1, 0.15) is 5.76 Å². The lowest BCUT2D eigenvalue weighted by Gasteiger charge is -2.13. The highest BCUT2D eigenvalue weighted by Crippen LogP contribution is 2.16. The molecule has 0 aliphatic rings. The van der Waals surface area contributed by atoms with Gasteiger partial charge in [-0.1, -0.05) is 0 Å². The van der Waals surface area contributed by atoms with E-state index in [1.54, 1.807) is 11.3 Å². The van der Waals surface area contributed by atoms with Crippen LogP contribution in [0.15, 0.2) is 22.3 Å². The Hall–Kier alpha value is -1.17. The topological polar surface area (TPSA) is 41.3 Å². The van der Waals surface area contributed by atoms with Crippen molar-refractivity contribution in [2.75, 3.05) is 14.1 Å². The number of nitrogens with one attached hydrogen (secondary N) is 1. The summed E-state index contributed by atoms with van der Waals surface area (Å²) in [6, 6.07) is 2.10. The maximum atomic E-state index is 5.54. The van der Waals surface area contributed by atoms with Crippen LogP contribution in [0.3, 0.4) is 0 Å². The summed E-state index contributed by atoms with van der Waals surface area (Å²) in [5, 5.41) is 3.11. The highest BCUT2D eigenvalue weighted by molar-refractivity contribution is 7.09. The molecule has 0 aliphatic carbocycles. The average molecular weight is 265 g/mol. The molecule has 0 saturated carbocycles. The van der Waals surface area contributed by atoms with E-state index in [0.717, 1.165) is 31.1 Å². The molecule has 4 nitrogen and oxygen atoms in total. The highest BCUT2D eigenvalue weighted by atomic mass is 32.1. The molecule has 0 aliphatic heterocycles. The Balaban J connectivity index is 1.90. The summed E-state index contributed by atoms with van der Waals surface area (Å²) in [6.07, 6.45) is 1.82. The van der Waals surface area contributed by atoms with Gasteiger partial charge >= 0.3 is 0 Å². The van der Waals surface area contributed by atoms with E-state index >= 15 is 0 Å². The first-order valence-corrected chi connectivity index (χ1v) is 6.85. The molecular weight excluding hydrogens is 246 g/mol. The molecule has 2 heterocycles. The van der Waals surface area contributed by atoms with Crippen molar-refractivity contribution in [2.24, 2.45) is 0 Å². The largest absolute Gasteiger partial charge is 0.468 e. The van der Waals surface area contributed by atoms with E-state index in [-0.39, 0.29) is 0 Å². The van der Waals surface area contributed by atoms with Crippen molar-refractivity contribution in [3.8, 4) is 0 Å². The first kappa shape index (κ1) is 13.3. The van der Waals surface area contributed by atoms with Gasteiger partial charge in [0.15, 0.2) is 0 Å². The van der Waals surface area contributed by atoms with Crippen LogP contribution in [-0.4, -0.2) is 24.0 Å². The van der Waals surface area contributed by atoms with Crippen LogP contribution < -0.4 is 5.32 Å². The molecule has 5 heteroatoms. The monoisotopic (exact) mass is 265 g/mol. The molecule has 0 radical (unpaired) electrons. The van der Waals surface area contributed by atoms with Gasteiger partial charge in [0, 0.05) is 23.5 Å². The van der Waals surface area contributed by atoms with Gasteiger partial charge in [-0.05, 0) is 27.1 Å². The van der Waals surface area contributed by atoms with Crippen LogP contribution in [0.5, 0.6) is 0 Å². The summed E-state index contributed by atoms with van der Waals surface area (Å²) in [4.78, 5) is 7.82. The number of thiazole rings is 1. The summed E-state index contributed by atoms with van der Waals surface area (Å²) in [5.74, 6) is 1.00. The molecule has 98 valence electrons. The number of hydrogen-bond acceptors (Lipinski definition) is 5. The minimum atomic E-state index is 0.820. The molecule has 2 aromatic rings. The van der Waals surface area contributed by atoms with Crippen LogP contribution in [0.1, 0.15) is 21.9 Å². The van der Waals surface area contributed by atoms with Crippen LogP contribution in [0.2, 0.25) is 0 Å². The van der Waals surface area contributed by atoms with Crippen LogP contribution in [0.25, 0.3) is 0 Å². The van der Waals surface area contributed by atoms with Gasteiger partial charge in [-0.3, -0.25) is 4.90 Å². The fraction of sp³-hybridized carbons (Fsp3) is 0.462. The Bertz CT molecular complexity index is 492. The third-order valence-corrected chi connectivity index (χ3v) is 3.69. The number of furan rings is 1. The van der Waals surface area contributed by atoms with Gasteiger partial charge in [0.05, 0.1) is 24.0 Å². The van der Waals surface area contributed by atoms with Gasteiger partial charge < -0.3 is 9.73 Å². The zero-order valence-corrected chi connectivity index (χ0v) is 11.9. The maximum Gasteiger partial charge on any atom is 0.118 e. The van der Waals surface area contributed by atoms with Crippen molar-refractivity contribution in [1.82, 2.24) is 15.2 Å². The molecule has 0 spiro atoms. The van der Waals surface area contributed by atoms with Gasteiger partial charge in [-0.2, -0.15) is 0 Å². The third kappa shape index (κ3) is 3.41. The zero-order chi connectivity index (χ0) is 13.0. The highest BCUT2D eigenvalue weighted by Gasteiger charge is 2.08. The lowest BCUT2D eigenvalue weighted by molar-refractivity contribution is 0.289. The third-order valence-electron chi connectivity index (χ3n) is 2.77. The van der Waals surface area contributed by atoms with Gasteiger partial charge in [-0.15, -0.1) is 11.3 Å². The van der Waals surface area contributed by atoms with E-state index in [4.69, 9.17) is 4.42 Å². The molecular formula is C13H19N3OS. The lowest BCUT2D eigenvalue weighted by atomic mass is 10.3. The standard InChI is InChI=1S/C13H19N3OS/c1-10-13(18-9-15-10)7-16(3)6-12-4-11(5-14-2)8-17-12/h4,8-9,14H,5-7H2,1-3H3. The van der Waals surface area contributed by atoms with Crippen molar-refractivity contribution in [2.45, 2.75) is 26.6 Å². The van der Waals surface area contributed by atoms with Crippen LogP contribution >= 0.6 is 11.3 Å². The number of aryl methyl sites for hydroxylation is 1. The van der Waals surface area contributed by atoms with Crippen molar-refractivity contribution >= 4 is 11.3 Å². The quantitative estimate of drug-likeness (QED) is 0.871. The van der Waals surface area contributed by atoms with Gasteiger partial charge in [0.2, 0.25) is 0 Å². The second-order valence-electron chi connectivity index (χ2n) is 4.48. The number of rotatable bonds is 6. The Labute approximate surface area is 112 Å². The second kappa shape index (κ2) is 6.13. The molecule has 0 amide bonds.